The van der Waals surface area contributed by atoms with E-state index < -0.39 is 11.4 Å². The monoisotopic (exact) mass is 110 g/mol. The first kappa shape index (κ1) is 4.20. The first-order valence-corrected chi connectivity index (χ1v) is 2.24. The van der Waals surface area contributed by atoms with E-state index in [1.807, 2.05) is 0 Å². The maximum atomic E-state index is 9.78. The highest BCUT2D eigenvalue weighted by Gasteiger charge is 2.08. The zero-order valence-corrected chi connectivity index (χ0v) is 3.56. The van der Waals surface area contributed by atoms with Gasteiger partial charge in [0.2, 0.25) is 0 Å². The molecule has 0 N–H and O–H groups in total. The maximum Gasteiger partial charge on any atom is 0.336 e. The van der Waals surface area contributed by atoms with E-state index in [0.29, 0.717) is 0 Å². The Morgan fingerprint density at radius 1 is 1.67 bits per heavy atom. The minimum absolute atomic E-state index is 0.0351. The Kier molecular flexibility index (Phi) is 1.16. The zero-order chi connectivity index (χ0) is 4.41. The van der Waals surface area contributed by atoms with Gasteiger partial charge >= 0.3 is 11.4 Å². The van der Waals surface area contributed by atoms with Gasteiger partial charge < -0.3 is 0 Å². The van der Waals surface area contributed by atoms with Gasteiger partial charge in [-0.1, -0.05) is 0 Å². The molecule has 5 heteroatoms. The van der Waals surface area contributed by atoms with E-state index in [1.54, 1.807) is 0 Å². The molecule has 6 heavy (non-hydrogen) atoms. The van der Waals surface area contributed by atoms with Crippen LogP contribution in [0.4, 0.5) is 0 Å². The summed E-state index contributed by atoms with van der Waals surface area (Å²) in [4.78, 5) is 4.03. The quantitative estimate of drug-likeness (QED) is 0.394. The molecule has 36 valence electrons. The van der Waals surface area contributed by atoms with Crippen LogP contribution in [0.3, 0.4) is 0 Å². The number of hydrogen-bond acceptors (Lipinski definition) is 4. The lowest BCUT2D eigenvalue weighted by Crippen LogP contribution is -1.81. The summed E-state index contributed by atoms with van der Waals surface area (Å²) >= 11 is -1.65. The second kappa shape index (κ2) is 1.65. The molecule has 1 heterocycles. The van der Waals surface area contributed by atoms with Crippen LogP contribution >= 0.6 is 0 Å². The van der Waals surface area contributed by atoms with E-state index in [-0.39, 0.29) is 6.79 Å². The van der Waals surface area contributed by atoms with Crippen molar-refractivity contribution in [3.05, 3.63) is 0 Å². The minimum atomic E-state index is -1.65. The third-order valence-electron chi connectivity index (χ3n) is 0.296. The Bertz CT molecular complexity index is 61.9. The molecule has 1 fully saturated rings. The Labute approximate surface area is 36.8 Å². The standard InChI is InChI=1S/CH2O4S/c2-6-4-1-3-5-6/h1H2. The van der Waals surface area contributed by atoms with Crippen molar-refractivity contribution in [3.63, 3.8) is 0 Å². The van der Waals surface area contributed by atoms with Gasteiger partial charge in [-0.25, -0.2) is 4.18 Å². The molecular formula is CH2O4S. The summed E-state index contributed by atoms with van der Waals surface area (Å²) in [6.07, 6.45) is 0. The zero-order valence-electron chi connectivity index (χ0n) is 2.75. The lowest BCUT2D eigenvalue weighted by Gasteiger charge is -1.71. The topological polar surface area (TPSA) is 44.8 Å². The maximum absolute atomic E-state index is 9.78. The summed E-state index contributed by atoms with van der Waals surface area (Å²) in [5.74, 6) is 0. The fourth-order valence-electron chi connectivity index (χ4n) is 0.137. The molecule has 0 amide bonds. The molecule has 0 aromatic rings. The van der Waals surface area contributed by atoms with Gasteiger partial charge in [-0.3, -0.25) is 0 Å². The van der Waals surface area contributed by atoms with Crippen molar-refractivity contribution in [3.8, 4) is 0 Å². The van der Waals surface area contributed by atoms with Crippen LogP contribution in [0.1, 0.15) is 0 Å². The molecule has 1 saturated heterocycles. The van der Waals surface area contributed by atoms with Gasteiger partial charge in [0.25, 0.3) is 0 Å². The van der Waals surface area contributed by atoms with Gasteiger partial charge in [0.15, 0.2) is 6.79 Å². The van der Waals surface area contributed by atoms with Gasteiger partial charge in [0, 0.05) is 0 Å². The van der Waals surface area contributed by atoms with Gasteiger partial charge in [-0.05, 0) is 0 Å². The molecule has 0 spiro atoms. The Balaban J connectivity index is 2.37. The van der Waals surface area contributed by atoms with Crippen molar-refractivity contribution in [2.24, 2.45) is 0 Å². The third kappa shape index (κ3) is 0.749. The molecule has 0 saturated carbocycles. The first-order valence-electron chi connectivity index (χ1n) is 1.24. The van der Waals surface area contributed by atoms with E-state index in [0.717, 1.165) is 0 Å². The molecule has 0 aromatic carbocycles. The van der Waals surface area contributed by atoms with E-state index in [9.17, 15) is 4.21 Å². The molecule has 1 atom stereocenters. The Hall–Kier alpha value is 0.0300. The largest absolute Gasteiger partial charge is 0.336 e. The van der Waals surface area contributed by atoms with Crippen LogP contribution in [-0.4, -0.2) is 11.0 Å². The van der Waals surface area contributed by atoms with Crippen LogP contribution in [0.25, 0.3) is 0 Å². The summed E-state index contributed by atoms with van der Waals surface area (Å²) < 4.78 is 17.9. The average molecular weight is 110 g/mol. The molecule has 0 aliphatic carbocycles. The number of hydrogen-bond donors (Lipinski definition) is 0. The molecular weight excluding hydrogens is 108 g/mol. The van der Waals surface area contributed by atoms with Crippen molar-refractivity contribution >= 4 is 11.4 Å². The molecule has 0 radical (unpaired) electrons. The van der Waals surface area contributed by atoms with E-state index in [1.165, 1.54) is 0 Å². The molecule has 0 aromatic heterocycles. The van der Waals surface area contributed by atoms with E-state index in [2.05, 4.69) is 13.4 Å². The Morgan fingerprint density at radius 2 is 2.50 bits per heavy atom. The van der Waals surface area contributed by atoms with E-state index >= 15 is 0 Å². The van der Waals surface area contributed by atoms with Crippen LogP contribution in [0.2, 0.25) is 0 Å². The summed E-state index contributed by atoms with van der Waals surface area (Å²) in [5.41, 5.74) is 0. The smallest absolute Gasteiger partial charge is 0.235 e. The summed E-state index contributed by atoms with van der Waals surface area (Å²) in [7, 11) is 0. The molecule has 4 nitrogen and oxygen atoms in total. The van der Waals surface area contributed by atoms with Crippen LogP contribution in [0, 0.1) is 0 Å². The minimum Gasteiger partial charge on any atom is -0.235 e. The third-order valence-corrected chi connectivity index (χ3v) is 0.792. The van der Waals surface area contributed by atoms with E-state index in [4.69, 9.17) is 0 Å². The van der Waals surface area contributed by atoms with Crippen LogP contribution in [-0.2, 0) is 24.8 Å². The van der Waals surface area contributed by atoms with Crippen molar-refractivity contribution < 1.29 is 17.6 Å². The lowest BCUT2D eigenvalue weighted by molar-refractivity contribution is -0.193. The molecule has 1 unspecified atom stereocenters. The average Bonchev–Trinajstić information content (AvgIpc) is 1.86. The highest BCUT2D eigenvalue weighted by atomic mass is 32.2. The van der Waals surface area contributed by atoms with Crippen LogP contribution in [0.5, 0.6) is 0 Å². The second-order valence-electron chi connectivity index (χ2n) is 0.626. The van der Waals surface area contributed by atoms with Gasteiger partial charge in [-0.15, -0.1) is 4.33 Å². The SMILES string of the molecule is O=S1OCOO1. The summed E-state index contributed by atoms with van der Waals surface area (Å²) in [6.45, 7) is -0.0351. The predicted octanol–water partition coefficient (Wildman–Crippen LogP) is -0.499. The Morgan fingerprint density at radius 3 is 2.67 bits per heavy atom. The molecule has 1 aliphatic heterocycles. The predicted molar refractivity (Wildman–Crippen MR) is 16.3 cm³/mol. The molecule has 0 bridgehead atoms. The van der Waals surface area contributed by atoms with Crippen molar-refractivity contribution in [1.82, 2.24) is 0 Å². The van der Waals surface area contributed by atoms with Crippen molar-refractivity contribution in [1.29, 1.82) is 0 Å². The fourth-order valence-corrected chi connectivity index (χ4v) is 0.412. The van der Waals surface area contributed by atoms with Crippen LogP contribution < -0.4 is 0 Å². The molecule has 1 rings (SSSR count). The van der Waals surface area contributed by atoms with Crippen molar-refractivity contribution in [2.75, 3.05) is 6.79 Å². The van der Waals surface area contributed by atoms with Gasteiger partial charge in [-0.2, -0.15) is 9.10 Å². The van der Waals surface area contributed by atoms with Crippen LogP contribution in [0.15, 0.2) is 0 Å². The molecule has 1 aliphatic rings. The summed E-state index contributed by atoms with van der Waals surface area (Å²) in [5, 5.41) is 0. The number of rotatable bonds is 0. The van der Waals surface area contributed by atoms with Gasteiger partial charge in [0.1, 0.15) is 0 Å². The van der Waals surface area contributed by atoms with Crippen molar-refractivity contribution in [2.45, 2.75) is 0 Å². The summed E-state index contributed by atoms with van der Waals surface area (Å²) in [6, 6.07) is 0. The second-order valence-corrected chi connectivity index (χ2v) is 1.41. The lowest BCUT2D eigenvalue weighted by atomic mass is 11.5. The normalized spacial score (nSPS) is 34.3. The highest BCUT2D eigenvalue weighted by Crippen LogP contribution is 1.98. The highest BCUT2D eigenvalue weighted by molar-refractivity contribution is 7.75. The first-order chi connectivity index (χ1) is 2.89. The fraction of sp³-hybridized carbons (Fsp3) is 1.00. The van der Waals surface area contributed by atoms with Gasteiger partial charge in [0.05, 0.1) is 0 Å².